The molecule has 3 rings (SSSR count). The van der Waals surface area contributed by atoms with Gasteiger partial charge in [-0.05, 0) is 72.8 Å². The van der Waals surface area contributed by atoms with E-state index < -0.39 is 36.6 Å². The maximum atomic E-state index is 14.5. The Bertz CT molecular complexity index is 1260. The van der Waals surface area contributed by atoms with Crippen LogP contribution < -0.4 is 15.9 Å². The summed E-state index contributed by atoms with van der Waals surface area (Å²) in [7, 11) is -3.76. The average molecular weight is 609 g/mol. The van der Waals surface area contributed by atoms with Gasteiger partial charge in [0.1, 0.15) is 29.0 Å². The largest absolute Gasteiger partial charge is 0.464 e. The summed E-state index contributed by atoms with van der Waals surface area (Å²) in [6.45, 7) is 12.9. The van der Waals surface area contributed by atoms with Crippen molar-refractivity contribution in [3.8, 4) is 0 Å². The number of esters is 2. The van der Waals surface area contributed by atoms with Gasteiger partial charge in [-0.25, -0.2) is 20.1 Å². The maximum absolute atomic E-state index is 14.5. The monoisotopic (exact) mass is 608 g/mol. The first-order chi connectivity index (χ1) is 19.7. The fourth-order valence-electron chi connectivity index (χ4n) is 4.62. The standard InChI is InChI=1S/C29H49N6O6P/c1-8-9-10-11-16-39-26(36)28(4,5)33-42(38,34-29(6,7)27(37)41-21(3)22-12-13-22)19-40-20(2)17-35-18-32-24-23(30)14-15-31-25(24)35/h14-15,18,20-22H,8-13,16-17,19H2,1-7H3,(H2,30,31)(H2,33,34,38)/t20-,21?,42?/m1/s1. The Morgan fingerprint density at radius 3 is 2.40 bits per heavy atom. The molecule has 0 bridgehead atoms. The zero-order valence-electron chi connectivity index (χ0n) is 26.1. The Hall–Kier alpha value is -2.53. The van der Waals surface area contributed by atoms with E-state index in [0.717, 1.165) is 38.5 Å². The number of hydrogen-bond acceptors (Lipinski definition) is 9. The van der Waals surface area contributed by atoms with E-state index in [-0.39, 0.29) is 19.1 Å². The lowest BCUT2D eigenvalue weighted by Gasteiger charge is -2.36. The Labute approximate surface area is 249 Å². The highest BCUT2D eigenvalue weighted by atomic mass is 31.2. The molecular weight excluding hydrogens is 559 g/mol. The molecule has 1 saturated carbocycles. The number of anilines is 1. The van der Waals surface area contributed by atoms with E-state index in [2.05, 4.69) is 27.1 Å². The number of carbonyl (C=O) groups is 2. The Morgan fingerprint density at radius 2 is 1.76 bits per heavy atom. The van der Waals surface area contributed by atoms with Crippen LogP contribution in [0.2, 0.25) is 0 Å². The minimum atomic E-state index is -3.76. The third kappa shape index (κ3) is 9.49. The van der Waals surface area contributed by atoms with Crippen LogP contribution in [0.25, 0.3) is 11.2 Å². The summed E-state index contributed by atoms with van der Waals surface area (Å²) in [4.78, 5) is 34.8. The predicted octanol–water partition coefficient (Wildman–Crippen LogP) is 4.77. The van der Waals surface area contributed by atoms with E-state index in [0.29, 0.717) is 29.3 Å². The highest BCUT2D eigenvalue weighted by Gasteiger charge is 2.44. The minimum absolute atomic E-state index is 0.228. The number of carbonyl (C=O) groups excluding carboxylic acids is 2. The summed E-state index contributed by atoms with van der Waals surface area (Å²) in [6.07, 6.45) is 8.19. The molecule has 13 heteroatoms. The number of ether oxygens (including phenoxy) is 3. The summed E-state index contributed by atoms with van der Waals surface area (Å²) in [5.74, 6) is -0.707. The normalized spacial score (nSPS) is 17.0. The summed E-state index contributed by atoms with van der Waals surface area (Å²) >= 11 is 0. The molecule has 1 aliphatic rings. The van der Waals surface area contributed by atoms with Crippen LogP contribution in [0, 0.1) is 5.92 Å². The quantitative estimate of drug-likeness (QED) is 0.121. The molecule has 2 aromatic heterocycles. The molecule has 1 aliphatic carbocycles. The summed E-state index contributed by atoms with van der Waals surface area (Å²) < 4.78 is 33.5. The molecule has 12 nitrogen and oxygen atoms in total. The number of unbranched alkanes of at least 4 members (excludes halogenated alkanes) is 3. The van der Waals surface area contributed by atoms with E-state index in [1.807, 2.05) is 18.4 Å². The fraction of sp³-hybridized carbons (Fsp3) is 0.724. The maximum Gasteiger partial charge on any atom is 0.326 e. The summed E-state index contributed by atoms with van der Waals surface area (Å²) in [5, 5.41) is 5.93. The van der Waals surface area contributed by atoms with Crippen molar-refractivity contribution in [1.29, 1.82) is 0 Å². The van der Waals surface area contributed by atoms with E-state index in [1.54, 1.807) is 46.3 Å². The van der Waals surface area contributed by atoms with Crippen LogP contribution in [0.5, 0.6) is 0 Å². The van der Waals surface area contributed by atoms with E-state index in [4.69, 9.17) is 19.9 Å². The molecule has 2 heterocycles. The van der Waals surface area contributed by atoms with Gasteiger partial charge in [-0.1, -0.05) is 26.2 Å². The van der Waals surface area contributed by atoms with Crippen LogP contribution >= 0.6 is 7.44 Å². The van der Waals surface area contributed by atoms with Crippen LogP contribution in [0.3, 0.4) is 0 Å². The molecule has 2 unspecified atom stereocenters. The lowest BCUT2D eigenvalue weighted by molar-refractivity contribution is -0.155. The van der Waals surface area contributed by atoms with Gasteiger partial charge in [-0.15, -0.1) is 0 Å². The SMILES string of the molecule is CCCCCCOC(=O)C(C)(C)NP(=O)(CO[C@H](C)Cn1cnc2c(N)ccnc21)NC(C)(C)C(=O)OC(C)C1CC1. The molecule has 0 spiro atoms. The first-order valence-corrected chi connectivity index (χ1v) is 16.8. The van der Waals surface area contributed by atoms with E-state index in [1.165, 1.54) is 0 Å². The molecule has 42 heavy (non-hydrogen) atoms. The molecule has 0 radical (unpaired) electrons. The smallest absolute Gasteiger partial charge is 0.326 e. The van der Waals surface area contributed by atoms with Gasteiger partial charge in [-0.2, -0.15) is 0 Å². The predicted molar refractivity (Wildman–Crippen MR) is 163 cm³/mol. The number of fused-ring (bicyclic) bond motifs is 1. The number of aromatic nitrogens is 3. The average Bonchev–Trinajstić information content (AvgIpc) is 3.68. The highest BCUT2D eigenvalue weighted by Crippen LogP contribution is 2.43. The molecule has 0 aliphatic heterocycles. The van der Waals surface area contributed by atoms with Gasteiger partial charge in [0.25, 0.3) is 0 Å². The molecule has 1 fully saturated rings. The lowest BCUT2D eigenvalue weighted by atomic mass is 10.1. The number of pyridine rings is 1. The Balaban J connectivity index is 1.72. The number of hydrogen-bond donors (Lipinski definition) is 3. The van der Waals surface area contributed by atoms with E-state index >= 15 is 0 Å². The lowest BCUT2D eigenvalue weighted by Crippen LogP contribution is -2.54. The molecule has 236 valence electrons. The van der Waals surface area contributed by atoms with Gasteiger partial charge in [0, 0.05) is 6.20 Å². The second-order valence-corrected chi connectivity index (χ2v) is 14.6. The second kappa shape index (κ2) is 14.3. The molecular formula is C29H49N6O6P. The van der Waals surface area contributed by atoms with Gasteiger partial charge in [-0.3, -0.25) is 14.2 Å². The molecule has 0 aromatic carbocycles. The first kappa shape index (κ1) is 34.0. The van der Waals surface area contributed by atoms with Crippen molar-refractivity contribution in [3.05, 3.63) is 18.6 Å². The third-order valence-electron chi connectivity index (χ3n) is 7.28. The second-order valence-electron chi connectivity index (χ2n) is 12.4. The number of nitrogens with two attached hydrogens (primary N) is 1. The van der Waals surface area contributed by atoms with Crippen molar-refractivity contribution in [2.75, 3.05) is 18.7 Å². The summed E-state index contributed by atoms with van der Waals surface area (Å²) in [5.41, 5.74) is 5.07. The van der Waals surface area contributed by atoms with Crippen molar-refractivity contribution in [1.82, 2.24) is 24.7 Å². The molecule has 0 saturated heterocycles. The van der Waals surface area contributed by atoms with Crippen LogP contribution in [0.15, 0.2) is 18.6 Å². The van der Waals surface area contributed by atoms with Crippen LogP contribution in [-0.2, 0) is 34.9 Å². The van der Waals surface area contributed by atoms with Crippen LogP contribution in [0.4, 0.5) is 5.69 Å². The van der Waals surface area contributed by atoms with Crippen LogP contribution in [0.1, 0.15) is 87.0 Å². The Kier molecular flexibility index (Phi) is 11.6. The van der Waals surface area contributed by atoms with Crippen molar-refractivity contribution in [3.63, 3.8) is 0 Å². The van der Waals surface area contributed by atoms with Gasteiger partial charge in [0.15, 0.2) is 5.65 Å². The molecule has 4 N–H and O–H groups in total. The number of nitrogen functional groups attached to an aromatic ring is 1. The van der Waals surface area contributed by atoms with Gasteiger partial charge < -0.3 is 24.5 Å². The van der Waals surface area contributed by atoms with Crippen molar-refractivity contribution < 1.29 is 28.4 Å². The third-order valence-corrected chi connectivity index (χ3v) is 9.63. The van der Waals surface area contributed by atoms with Crippen molar-refractivity contribution in [2.45, 2.75) is 117 Å². The van der Waals surface area contributed by atoms with Gasteiger partial charge in [0.2, 0.25) is 7.44 Å². The number of nitrogens with one attached hydrogen (secondary N) is 2. The van der Waals surface area contributed by atoms with Crippen LogP contribution in [-0.4, -0.2) is 62.7 Å². The van der Waals surface area contributed by atoms with Crippen molar-refractivity contribution in [2.24, 2.45) is 5.92 Å². The molecule has 2 aromatic rings. The number of rotatable bonds is 18. The number of imidazole rings is 1. The van der Waals surface area contributed by atoms with Gasteiger partial charge in [0.05, 0.1) is 31.3 Å². The topological polar surface area (TPSA) is 160 Å². The van der Waals surface area contributed by atoms with Crippen molar-refractivity contribution >= 4 is 36.2 Å². The zero-order chi connectivity index (χ0) is 31.1. The zero-order valence-corrected chi connectivity index (χ0v) is 27.0. The molecule has 0 amide bonds. The van der Waals surface area contributed by atoms with E-state index in [9.17, 15) is 14.2 Å². The highest BCUT2D eigenvalue weighted by molar-refractivity contribution is 7.59. The summed E-state index contributed by atoms with van der Waals surface area (Å²) in [6, 6.07) is 1.68. The van der Waals surface area contributed by atoms with Gasteiger partial charge >= 0.3 is 11.9 Å². The fourth-order valence-corrected chi connectivity index (χ4v) is 7.25. The number of nitrogens with zero attached hydrogens (tertiary/aromatic N) is 3. The first-order valence-electron chi connectivity index (χ1n) is 14.9. The molecule has 3 atom stereocenters. The minimum Gasteiger partial charge on any atom is -0.464 e. The Morgan fingerprint density at radius 1 is 1.10 bits per heavy atom.